The van der Waals surface area contributed by atoms with Crippen molar-refractivity contribution in [1.82, 2.24) is 15.2 Å². The van der Waals surface area contributed by atoms with Crippen LogP contribution in [0.2, 0.25) is 0 Å². The first kappa shape index (κ1) is 13.7. The highest BCUT2D eigenvalue weighted by Crippen LogP contribution is 2.35. The molecular formula is C11H9F3N6. The molecule has 0 fully saturated rings. The third kappa shape index (κ3) is 2.64. The Labute approximate surface area is 111 Å². The lowest BCUT2D eigenvalue weighted by molar-refractivity contribution is -0.137. The first-order valence-corrected chi connectivity index (χ1v) is 5.38. The van der Waals surface area contributed by atoms with Crippen molar-refractivity contribution in [2.24, 2.45) is 0 Å². The maximum absolute atomic E-state index is 12.9. The van der Waals surface area contributed by atoms with Gasteiger partial charge in [-0.15, -0.1) is 5.10 Å². The van der Waals surface area contributed by atoms with Crippen LogP contribution in [0.3, 0.4) is 0 Å². The molecule has 1 heterocycles. The maximum Gasteiger partial charge on any atom is 0.417 e. The predicted molar refractivity (Wildman–Crippen MR) is 65.0 cm³/mol. The number of aromatic amines is 1. The number of nitriles is 1. The van der Waals surface area contributed by atoms with E-state index in [1.165, 1.54) is 13.0 Å². The quantitative estimate of drug-likeness (QED) is 0.784. The normalized spacial score (nSPS) is 11.2. The second kappa shape index (κ2) is 4.73. The monoisotopic (exact) mass is 282 g/mol. The van der Waals surface area contributed by atoms with Crippen LogP contribution in [0.1, 0.15) is 16.7 Å². The SMILES string of the molecule is Cc1cc(Nc2n[nH]c(N)n2)cc(C(F)(F)F)c1C#N. The molecule has 0 aliphatic rings. The topological polar surface area (TPSA) is 103 Å². The Morgan fingerprint density at radius 3 is 2.60 bits per heavy atom. The lowest BCUT2D eigenvalue weighted by atomic mass is 10.0. The van der Waals surface area contributed by atoms with Crippen molar-refractivity contribution >= 4 is 17.6 Å². The third-order valence-corrected chi connectivity index (χ3v) is 2.51. The summed E-state index contributed by atoms with van der Waals surface area (Å²) in [5, 5.41) is 17.4. The van der Waals surface area contributed by atoms with Crippen LogP contribution in [0.15, 0.2) is 12.1 Å². The predicted octanol–water partition coefficient (Wildman–Crippen LogP) is 2.33. The molecule has 2 rings (SSSR count). The number of halogens is 3. The van der Waals surface area contributed by atoms with Gasteiger partial charge in [-0.25, -0.2) is 5.10 Å². The number of alkyl halides is 3. The molecule has 0 bridgehead atoms. The van der Waals surface area contributed by atoms with Gasteiger partial charge in [0.05, 0.1) is 11.1 Å². The van der Waals surface area contributed by atoms with Crippen molar-refractivity contribution < 1.29 is 13.2 Å². The van der Waals surface area contributed by atoms with Crippen LogP contribution in [0, 0.1) is 18.3 Å². The van der Waals surface area contributed by atoms with Gasteiger partial charge in [0.15, 0.2) is 0 Å². The summed E-state index contributed by atoms with van der Waals surface area (Å²) in [5.74, 6) is 0.0774. The van der Waals surface area contributed by atoms with E-state index in [4.69, 9.17) is 11.0 Å². The first-order chi connectivity index (χ1) is 9.31. The smallest absolute Gasteiger partial charge is 0.368 e. The number of anilines is 3. The van der Waals surface area contributed by atoms with E-state index >= 15 is 0 Å². The lowest BCUT2D eigenvalue weighted by Crippen LogP contribution is -2.10. The second-order valence-electron chi connectivity index (χ2n) is 3.99. The standard InChI is InChI=1S/C11H9F3N6/c1-5-2-6(17-10-18-9(16)19-20-10)3-8(7(5)4-15)11(12,13)14/h2-3H,1H3,(H4,16,17,18,19,20). The van der Waals surface area contributed by atoms with Crippen LogP contribution in [0.25, 0.3) is 0 Å². The number of hydrogen-bond donors (Lipinski definition) is 3. The summed E-state index contributed by atoms with van der Waals surface area (Å²) in [5.41, 5.74) is 4.22. The highest BCUT2D eigenvalue weighted by molar-refractivity contribution is 5.61. The van der Waals surface area contributed by atoms with Crippen molar-refractivity contribution in [3.63, 3.8) is 0 Å². The van der Waals surface area contributed by atoms with Crippen molar-refractivity contribution in [2.45, 2.75) is 13.1 Å². The molecule has 1 aromatic carbocycles. The van der Waals surface area contributed by atoms with E-state index in [9.17, 15) is 13.2 Å². The number of benzene rings is 1. The Balaban J connectivity index is 2.46. The highest BCUT2D eigenvalue weighted by Gasteiger charge is 2.34. The van der Waals surface area contributed by atoms with Crippen molar-refractivity contribution in [2.75, 3.05) is 11.1 Å². The van der Waals surface area contributed by atoms with Gasteiger partial charge in [0.25, 0.3) is 0 Å². The van der Waals surface area contributed by atoms with Crippen LogP contribution in [0.4, 0.5) is 30.8 Å². The van der Waals surface area contributed by atoms with E-state index in [0.29, 0.717) is 0 Å². The summed E-state index contributed by atoms with van der Waals surface area (Å²) in [6.07, 6.45) is -4.62. The van der Waals surface area contributed by atoms with Crippen LogP contribution in [0.5, 0.6) is 0 Å². The van der Waals surface area contributed by atoms with E-state index in [0.717, 1.165) is 6.07 Å². The molecule has 2 aromatic rings. The van der Waals surface area contributed by atoms with Crippen LogP contribution >= 0.6 is 0 Å². The molecular weight excluding hydrogens is 273 g/mol. The molecule has 0 atom stereocenters. The van der Waals surface area contributed by atoms with Crippen molar-refractivity contribution in [3.05, 3.63) is 28.8 Å². The fourth-order valence-electron chi connectivity index (χ4n) is 1.69. The lowest BCUT2D eigenvalue weighted by Gasteiger charge is -2.13. The van der Waals surface area contributed by atoms with E-state index in [1.807, 2.05) is 0 Å². The fraction of sp³-hybridized carbons (Fsp3) is 0.182. The molecule has 0 aliphatic carbocycles. The van der Waals surface area contributed by atoms with Gasteiger partial charge in [0, 0.05) is 5.69 Å². The fourth-order valence-corrected chi connectivity index (χ4v) is 1.69. The minimum atomic E-state index is -4.62. The Morgan fingerprint density at radius 2 is 2.10 bits per heavy atom. The van der Waals surface area contributed by atoms with Gasteiger partial charge in [-0.05, 0) is 24.6 Å². The number of aromatic nitrogens is 3. The first-order valence-electron chi connectivity index (χ1n) is 5.38. The van der Waals surface area contributed by atoms with Gasteiger partial charge in [0.2, 0.25) is 11.9 Å². The van der Waals surface area contributed by atoms with Gasteiger partial charge in [-0.3, -0.25) is 0 Å². The van der Waals surface area contributed by atoms with Crippen molar-refractivity contribution in [1.29, 1.82) is 5.26 Å². The molecule has 4 N–H and O–H groups in total. The molecule has 6 nitrogen and oxygen atoms in total. The molecule has 1 aromatic heterocycles. The molecule has 9 heteroatoms. The number of H-pyrrole nitrogens is 1. The number of nitrogens with one attached hydrogen (secondary N) is 2. The Morgan fingerprint density at radius 1 is 1.40 bits per heavy atom. The number of aryl methyl sites for hydroxylation is 1. The zero-order chi connectivity index (χ0) is 14.9. The van der Waals surface area contributed by atoms with Crippen LogP contribution in [-0.4, -0.2) is 15.2 Å². The van der Waals surface area contributed by atoms with E-state index in [2.05, 4.69) is 20.5 Å². The summed E-state index contributed by atoms with van der Waals surface area (Å²) in [6, 6.07) is 3.79. The van der Waals surface area contributed by atoms with Gasteiger partial charge in [-0.2, -0.15) is 23.4 Å². The van der Waals surface area contributed by atoms with Gasteiger partial charge in [-0.1, -0.05) is 0 Å². The Hall–Kier alpha value is -2.76. The van der Waals surface area contributed by atoms with Gasteiger partial charge >= 0.3 is 6.18 Å². The number of nitrogens with zero attached hydrogens (tertiary/aromatic N) is 3. The largest absolute Gasteiger partial charge is 0.417 e. The molecule has 20 heavy (non-hydrogen) atoms. The van der Waals surface area contributed by atoms with E-state index < -0.39 is 17.3 Å². The summed E-state index contributed by atoms with van der Waals surface area (Å²) in [6.45, 7) is 1.42. The molecule has 0 aliphatic heterocycles. The number of hydrogen-bond acceptors (Lipinski definition) is 5. The van der Waals surface area contributed by atoms with E-state index in [-0.39, 0.29) is 23.1 Å². The summed E-state index contributed by atoms with van der Waals surface area (Å²) in [4.78, 5) is 3.72. The average molecular weight is 282 g/mol. The summed E-state index contributed by atoms with van der Waals surface area (Å²) in [7, 11) is 0. The molecule has 0 saturated carbocycles. The van der Waals surface area contributed by atoms with Crippen LogP contribution in [-0.2, 0) is 6.18 Å². The Bertz CT molecular complexity index is 682. The van der Waals surface area contributed by atoms with Gasteiger partial charge in [0.1, 0.15) is 6.07 Å². The second-order valence-corrected chi connectivity index (χ2v) is 3.99. The molecule has 0 amide bonds. The molecule has 0 saturated heterocycles. The van der Waals surface area contributed by atoms with Crippen molar-refractivity contribution in [3.8, 4) is 6.07 Å². The molecule has 0 radical (unpaired) electrons. The number of nitrogen functional groups attached to an aromatic ring is 1. The highest BCUT2D eigenvalue weighted by atomic mass is 19.4. The zero-order valence-corrected chi connectivity index (χ0v) is 10.2. The zero-order valence-electron chi connectivity index (χ0n) is 10.2. The average Bonchev–Trinajstić information content (AvgIpc) is 2.73. The molecule has 0 spiro atoms. The number of rotatable bonds is 2. The maximum atomic E-state index is 12.9. The molecule has 104 valence electrons. The Kier molecular flexibility index (Phi) is 3.23. The van der Waals surface area contributed by atoms with E-state index in [1.54, 1.807) is 6.07 Å². The minimum absolute atomic E-state index is 0.0360. The number of nitrogens with two attached hydrogens (primary N) is 1. The van der Waals surface area contributed by atoms with Crippen LogP contribution < -0.4 is 11.1 Å². The van der Waals surface area contributed by atoms with Gasteiger partial charge < -0.3 is 11.1 Å². The molecule has 0 unspecified atom stereocenters. The minimum Gasteiger partial charge on any atom is -0.368 e. The third-order valence-electron chi connectivity index (χ3n) is 2.51. The summed E-state index contributed by atoms with van der Waals surface area (Å²) >= 11 is 0. The summed E-state index contributed by atoms with van der Waals surface area (Å²) < 4.78 is 38.7.